The maximum absolute atomic E-state index is 12.4. The topological polar surface area (TPSA) is 67.9 Å². The molecule has 2 aromatic rings. The Bertz CT molecular complexity index is 793. The zero-order valence-electron chi connectivity index (χ0n) is 15.6. The highest BCUT2D eigenvalue weighted by Gasteiger charge is 2.22. The molecule has 6 nitrogen and oxygen atoms in total. The van der Waals surface area contributed by atoms with Crippen LogP contribution in [0.1, 0.15) is 17.5 Å². The van der Waals surface area contributed by atoms with Gasteiger partial charge in [-0.3, -0.25) is 0 Å². The molecule has 1 aliphatic heterocycles. The van der Waals surface area contributed by atoms with Crippen molar-refractivity contribution in [3.05, 3.63) is 83.9 Å². The van der Waals surface area contributed by atoms with Gasteiger partial charge < -0.3 is 19.7 Å². The first-order chi connectivity index (χ1) is 13.7. The largest absolute Gasteiger partial charge is 0.445 e. The molecular weight excluding hydrogens is 356 g/mol. The Morgan fingerprint density at radius 3 is 2.14 bits per heavy atom. The number of ether oxygens (including phenoxy) is 2. The van der Waals surface area contributed by atoms with E-state index in [1.54, 1.807) is 4.90 Å². The summed E-state index contributed by atoms with van der Waals surface area (Å²) in [5.74, 6) is 0. The molecule has 0 aliphatic carbocycles. The first-order valence-electron chi connectivity index (χ1n) is 9.28. The van der Waals surface area contributed by atoms with Crippen LogP contribution in [0.2, 0.25) is 0 Å². The molecule has 6 heteroatoms. The van der Waals surface area contributed by atoms with Gasteiger partial charge in [-0.2, -0.15) is 0 Å². The highest BCUT2D eigenvalue weighted by atomic mass is 16.6. The molecule has 146 valence electrons. The zero-order chi connectivity index (χ0) is 19.6. The summed E-state index contributed by atoms with van der Waals surface area (Å²) in [4.78, 5) is 26.1. The van der Waals surface area contributed by atoms with Gasteiger partial charge in [0, 0.05) is 13.1 Å². The second-order valence-corrected chi connectivity index (χ2v) is 6.56. The van der Waals surface area contributed by atoms with E-state index >= 15 is 0 Å². The Hall–Kier alpha value is -3.28. The number of benzene rings is 2. The fourth-order valence-corrected chi connectivity index (χ4v) is 2.87. The summed E-state index contributed by atoms with van der Waals surface area (Å²) in [6, 6.07) is 18.8. The Morgan fingerprint density at radius 2 is 1.50 bits per heavy atom. The molecule has 1 aliphatic rings. The molecule has 1 heterocycles. The number of hydrogen-bond donors (Lipinski definition) is 1. The highest BCUT2D eigenvalue weighted by molar-refractivity contribution is 5.69. The third kappa shape index (κ3) is 6.16. The van der Waals surface area contributed by atoms with Crippen molar-refractivity contribution in [1.82, 2.24) is 10.2 Å². The Kier molecular flexibility index (Phi) is 7.07. The maximum Gasteiger partial charge on any atom is 0.410 e. The first kappa shape index (κ1) is 19.5. The van der Waals surface area contributed by atoms with Gasteiger partial charge in [0.1, 0.15) is 13.2 Å². The van der Waals surface area contributed by atoms with Crippen molar-refractivity contribution >= 4 is 12.2 Å². The minimum Gasteiger partial charge on any atom is -0.445 e. The number of carbonyl (C=O) groups is 2. The second kappa shape index (κ2) is 10.2. The summed E-state index contributed by atoms with van der Waals surface area (Å²) in [6.45, 7) is 1.24. The lowest BCUT2D eigenvalue weighted by Gasteiger charge is -2.24. The van der Waals surface area contributed by atoms with Crippen molar-refractivity contribution in [1.29, 1.82) is 0 Å². The Morgan fingerprint density at radius 1 is 0.893 bits per heavy atom. The van der Waals surface area contributed by atoms with Gasteiger partial charge >= 0.3 is 12.2 Å². The summed E-state index contributed by atoms with van der Waals surface area (Å²) < 4.78 is 10.7. The lowest BCUT2D eigenvalue weighted by Crippen LogP contribution is -2.45. The van der Waals surface area contributed by atoms with E-state index in [4.69, 9.17) is 9.47 Å². The van der Waals surface area contributed by atoms with Crippen LogP contribution in [0.15, 0.2) is 72.8 Å². The van der Waals surface area contributed by atoms with E-state index < -0.39 is 12.2 Å². The van der Waals surface area contributed by atoms with Crippen molar-refractivity contribution in [2.24, 2.45) is 0 Å². The van der Waals surface area contributed by atoms with Crippen molar-refractivity contribution in [2.75, 3.05) is 13.1 Å². The molecule has 1 N–H and O–H groups in total. The van der Waals surface area contributed by atoms with E-state index in [0.29, 0.717) is 19.5 Å². The van der Waals surface area contributed by atoms with Crippen LogP contribution in [0, 0.1) is 0 Å². The molecule has 28 heavy (non-hydrogen) atoms. The molecule has 1 atom stereocenters. The minimum absolute atomic E-state index is 0.206. The summed E-state index contributed by atoms with van der Waals surface area (Å²) in [7, 11) is 0. The van der Waals surface area contributed by atoms with Gasteiger partial charge in [-0.1, -0.05) is 72.8 Å². The number of carbonyl (C=O) groups excluding carboxylic acids is 2. The molecular formula is C22H24N2O4. The molecule has 0 radical (unpaired) electrons. The van der Waals surface area contributed by atoms with Gasteiger partial charge in [0.05, 0.1) is 6.04 Å². The van der Waals surface area contributed by atoms with Crippen LogP contribution in [-0.4, -0.2) is 36.2 Å². The van der Waals surface area contributed by atoms with Crippen molar-refractivity contribution in [3.8, 4) is 0 Å². The van der Waals surface area contributed by atoms with E-state index in [0.717, 1.165) is 11.1 Å². The third-order valence-electron chi connectivity index (χ3n) is 4.35. The van der Waals surface area contributed by atoms with E-state index in [1.165, 1.54) is 0 Å². The molecule has 0 aromatic heterocycles. The van der Waals surface area contributed by atoms with Gasteiger partial charge in [0.25, 0.3) is 0 Å². The molecule has 0 spiro atoms. The highest BCUT2D eigenvalue weighted by Crippen LogP contribution is 2.09. The molecule has 2 amide bonds. The van der Waals surface area contributed by atoms with Crippen molar-refractivity contribution < 1.29 is 19.1 Å². The van der Waals surface area contributed by atoms with Gasteiger partial charge in [-0.05, 0) is 17.5 Å². The lowest BCUT2D eigenvalue weighted by molar-refractivity contribution is 0.0950. The zero-order valence-corrected chi connectivity index (χ0v) is 15.6. The number of hydrogen-bond acceptors (Lipinski definition) is 4. The van der Waals surface area contributed by atoms with Crippen molar-refractivity contribution in [3.63, 3.8) is 0 Å². The smallest absolute Gasteiger partial charge is 0.410 e. The first-order valence-corrected chi connectivity index (χ1v) is 9.28. The Balaban J connectivity index is 1.46. The second-order valence-electron chi connectivity index (χ2n) is 6.56. The van der Waals surface area contributed by atoms with Gasteiger partial charge in [-0.25, -0.2) is 9.59 Å². The monoisotopic (exact) mass is 380 g/mol. The predicted octanol–water partition coefficient (Wildman–Crippen LogP) is 3.88. The minimum atomic E-state index is -0.498. The average Bonchev–Trinajstić information content (AvgIpc) is 2.97. The SMILES string of the molecule is O=C(N[C@@H]1CC=CCN(C(=O)OCc2ccccc2)C1)OCc1ccccc1. The van der Waals surface area contributed by atoms with E-state index in [9.17, 15) is 9.59 Å². The van der Waals surface area contributed by atoms with Crippen molar-refractivity contribution in [2.45, 2.75) is 25.7 Å². The van der Waals surface area contributed by atoms with Crippen LogP contribution in [0.3, 0.4) is 0 Å². The summed E-state index contributed by atoms with van der Waals surface area (Å²) in [5, 5.41) is 2.83. The quantitative estimate of drug-likeness (QED) is 0.800. The molecule has 0 saturated heterocycles. The third-order valence-corrected chi connectivity index (χ3v) is 4.35. The number of alkyl carbamates (subject to hydrolysis) is 1. The standard InChI is InChI=1S/C22H24N2O4/c25-21(27-16-18-9-3-1-4-10-18)23-20-13-7-8-14-24(15-20)22(26)28-17-19-11-5-2-6-12-19/h1-12,20H,13-17H2,(H,23,25)/t20-/m1/s1. The van der Waals surface area contributed by atoms with Crippen LogP contribution in [0.25, 0.3) is 0 Å². The molecule has 2 aromatic carbocycles. The van der Waals surface area contributed by atoms with Crippen LogP contribution in [-0.2, 0) is 22.7 Å². The molecule has 0 bridgehead atoms. The van der Waals surface area contributed by atoms with Crippen LogP contribution >= 0.6 is 0 Å². The van der Waals surface area contributed by atoms with Gasteiger partial charge in [-0.15, -0.1) is 0 Å². The lowest BCUT2D eigenvalue weighted by atomic mass is 10.2. The predicted molar refractivity (Wildman–Crippen MR) is 106 cm³/mol. The maximum atomic E-state index is 12.4. The fourth-order valence-electron chi connectivity index (χ4n) is 2.87. The van der Waals surface area contributed by atoms with E-state index in [2.05, 4.69) is 5.32 Å². The van der Waals surface area contributed by atoms with Gasteiger partial charge in [0.15, 0.2) is 0 Å². The van der Waals surface area contributed by atoms with E-state index in [-0.39, 0.29) is 19.3 Å². The van der Waals surface area contributed by atoms with Crippen LogP contribution < -0.4 is 5.32 Å². The average molecular weight is 380 g/mol. The summed E-state index contributed by atoms with van der Waals surface area (Å²) >= 11 is 0. The summed E-state index contributed by atoms with van der Waals surface area (Å²) in [6.07, 6.45) is 3.58. The fraction of sp³-hybridized carbons (Fsp3) is 0.273. The number of rotatable bonds is 5. The summed E-state index contributed by atoms with van der Waals surface area (Å²) in [5.41, 5.74) is 1.85. The van der Waals surface area contributed by atoms with Crippen LogP contribution in [0.5, 0.6) is 0 Å². The number of nitrogens with one attached hydrogen (secondary N) is 1. The molecule has 0 unspecified atom stereocenters. The molecule has 0 saturated carbocycles. The van der Waals surface area contributed by atoms with Crippen LogP contribution in [0.4, 0.5) is 9.59 Å². The van der Waals surface area contributed by atoms with Gasteiger partial charge in [0.2, 0.25) is 0 Å². The molecule has 0 fully saturated rings. The van der Waals surface area contributed by atoms with E-state index in [1.807, 2.05) is 72.8 Å². The Labute approximate surface area is 164 Å². The number of nitrogens with zero attached hydrogens (tertiary/aromatic N) is 1. The number of amides is 2. The normalized spacial score (nSPS) is 16.1. The molecule has 3 rings (SSSR count).